The van der Waals surface area contributed by atoms with Gasteiger partial charge in [-0.3, -0.25) is 0 Å². The highest BCUT2D eigenvalue weighted by atomic mass is 32.2. The molecule has 2 aromatic heterocycles. The minimum atomic E-state index is -3.88. The van der Waals surface area contributed by atoms with E-state index in [9.17, 15) is 18.0 Å². The molecule has 5 rings (SSSR count). The van der Waals surface area contributed by atoms with E-state index in [1.807, 2.05) is 6.07 Å². The molecule has 2 N–H and O–H groups in total. The van der Waals surface area contributed by atoms with Crippen LogP contribution in [0.4, 0.5) is 0 Å². The van der Waals surface area contributed by atoms with Crippen LogP contribution < -0.4 is 20.2 Å². The number of methoxy groups -OCH3 is 1. The highest BCUT2D eigenvalue weighted by Gasteiger charge is 2.19. The first kappa shape index (κ1) is 26.7. The van der Waals surface area contributed by atoms with Crippen molar-refractivity contribution in [1.29, 1.82) is 0 Å². The van der Waals surface area contributed by atoms with Crippen molar-refractivity contribution in [1.82, 2.24) is 9.78 Å². The molecule has 3 aromatic carbocycles. The number of para-hydroxylation sites is 1. The molecule has 0 saturated heterocycles. The number of carbonyl (C=O) groups excluding carboxylic acids is 1. The standard InChI is InChI=1S/C28H23N3O8S/c1-36-20-6-4-5-18(15-20)24-16-23(30-31(24)19-9-11-21(12-10-19)40(29,34)35)28(33)38-14-13-37-26-17-27(32)39-25-8-3-2-7-22(25)26/h2-12,15-17H,13-14H2,1H3,(H2,29,34,35). The summed E-state index contributed by atoms with van der Waals surface area (Å²) in [7, 11) is -2.34. The number of nitrogens with zero attached hydrogens (tertiary/aromatic N) is 2. The van der Waals surface area contributed by atoms with Crippen molar-refractivity contribution < 1.29 is 31.8 Å². The normalized spacial score (nSPS) is 11.3. The van der Waals surface area contributed by atoms with Gasteiger partial charge in [-0.25, -0.2) is 27.8 Å². The summed E-state index contributed by atoms with van der Waals surface area (Å²) in [6.07, 6.45) is 0. The minimum Gasteiger partial charge on any atom is -0.497 e. The van der Waals surface area contributed by atoms with E-state index >= 15 is 0 Å². The molecule has 12 heteroatoms. The van der Waals surface area contributed by atoms with Crippen LogP contribution in [0.1, 0.15) is 10.5 Å². The van der Waals surface area contributed by atoms with Gasteiger partial charge in [0.25, 0.3) is 0 Å². The van der Waals surface area contributed by atoms with Crippen molar-refractivity contribution in [2.24, 2.45) is 5.14 Å². The summed E-state index contributed by atoms with van der Waals surface area (Å²) in [5.74, 6) is 0.207. The third-order valence-corrected chi connectivity index (χ3v) is 6.81. The van der Waals surface area contributed by atoms with Gasteiger partial charge in [0.05, 0.1) is 34.8 Å². The van der Waals surface area contributed by atoms with Gasteiger partial charge in [0.15, 0.2) is 5.69 Å². The first-order valence-electron chi connectivity index (χ1n) is 11.9. The molecule has 0 unspecified atom stereocenters. The van der Waals surface area contributed by atoms with Crippen LogP contribution in [-0.4, -0.2) is 44.5 Å². The van der Waals surface area contributed by atoms with Crippen LogP contribution in [-0.2, 0) is 14.8 Å². The van der Waals surface area contributed by atoms with Crippen molar-refractivity contribution in [3.8, 4) is 28.4 Å². The van der Waals surface area contributed by atoms with E-state index in [2.05, 4.69) is 5.10 Å². The largest absolute Gasteiger partial charge is 0.497 e. The maximum atomic E-state index is 12.9. The molecule has 0 fully saturated rings. The Labute approximate surface area is 228 Å². The lowest BCUT2D eigenvalue weighted by Crippen LogP contribution is -2.14. The second kappa shape index (κ2) is 11.0. The van der Waals surface area contributed by atoms with Crippen LogP contribution in [0.15, 0.2) is 99.0 Å². The van der Waals surface area contributed by atoms with Crippen molar-refractivity contribution in [3.63, 3.8) is 0 Å². The lowest BCUT2D eigenvalue weighted by Gasteiger charge is -2.09. The first-order valence-corrected chi connectivity index (χ1v) is 13.5. The molecule has 0 aliphatic heterocycles. The lowest BCUT2D eigenvalue weighted by atomic mass is 10.1. The molecule has 0 saturated carbocycles. The van der Waals surface area contributed by atoms with Gasteiger partial charge in [-0.15, -0.1) is 0 Å². The fraction of sp³-hybridized carbons (Fsp3) is 0.107. The second-order valence-electron chi connectivity index (χ2n) is 8.51. The summed E-state index contributed by atoms with van der Waals surface area (Å²) < 4.78 is 46.4. The van der Waals surface area contributed by atoms with Crippen LogP contribution in [0, 0.1) is 0 Å². The molecule has 0 radical (unpaired) electrons. The zero-order valence-electron chi connectivity index (χ0n) is 21.1. The smallest absolute Gasteiger partial charge is 0.358 e. The maximum Gasteiger partial charge on any atom is 0.358 e. The third-order valence-electron chi connectivity index (χ3n) is 5.88. The van der Waals surface area contributed by atoms with Crippen LogP contribution >= 0.6 is 0 Å². The van der Waals surface area contributed by atoms with Crippen LogP contribution in [0.5, 0.6) is 11.5 Å². The van der Waals surface area contributed by atoms with Crippen molar-refractivity contribution in [2.45, 2.75) is 4.90 Å². The van der Waals surface area contributed by atoms with Crippen molar-refractivity contribution in [2.75, 3.05) is 20.3 Å². The topological polar surface area (TPSA) is 153 Å². The zero-order valence-corrected chi connectivity index (χ0v) is 22.0. The summed E-state index contributed by atoms with van der Waals surface area (Å²) >= 11 is 0. The van der Waals surface area contributed by atoms with Crippen molar-refractivity contribution >= 4 is 27.0 Å². The van der Waals surface area contributed by atoms with Crippen molar-refractivity contribution in [3.05, 3.63) is 101 Å². The fourth-order valence-corrected chi connectivity index (χ4v) is 4.52. The average molecular weight is 562 g/mol. The molecule has 2 heterocycles. The maximum absolute atomic E-state index is 12.9. The predicted molar refractivity (Wildman–Crippen MR) is 145 cm³/mol. The minimum absolute atomic E-state index is 0.0131. The zero-order chi connectivity index (χ0) is 28.3. The Bertz CT molecular complexity index is 1860. The number of sulfonamides is 1. The summed E-state index contributed by atoms with van der Waals surface area (Å²) in [5, 5.41) is 10.3. The summed E-state index contributed by atoms with van der Waals surface area (Å²) in [5.41, 5.74) is 1.56. The number of hydrogen-bond acceptors (Lipinski definition) is 9. The quantitative estimate of drug-likeness (QED) is 0.162. The van der Waals surface area contributed by atoms with E-state index in [1.165, 1.54) is 42.1 Å². The van der Waals surface area contributed by atoms with E-state index in [0.717, 1.165) is 0 Å². The highest BCUT2D eigenvalue weighted by Crippen LogP contribution is 2.28. The Hall–Kier alpha value is -4.94. The Morgan fingerprint density at radius 3 is 2.50 bits per heavy atom. The molecule has 0 spiro atoms. The lowest BCUT2D eigenvalue weighted by molar-refractivity contribution is 0.0443. The SMILES string of the molecule is COc1cccc(-c2cc(C(=O)OCCOc3cc(=O)oc4ccccc34)nn2-c2ccc(S(N)(=O)=O)cc2)c1. The van der Waals surface area contributed by atoms with E-state index in [-0.39, 0.29) is 23.8 Å². The molecule has 0 atom stereocenters. The number of ether oxygens (including phenoxy) is 3. The number of esters is 1. The highest BCUT2D eigenvalue weighted by molar-refractivity contribution is 7.89. The number of benzene rings is 3. The molecule has 11 nitrogen and oxygen atoms in total. The summed E-state index contributed by atoms with van der Waals surface area (Å²) in [4.78, 5) is 24.7. The van der Waals surface area contributed by atoms with Crippen LogP contribution in [0.25, 0.3) is 27.9 Å². The molecular weight excluding hydrogens is 538 g/mol. The van der Waals surface area contributed by atoms with E-state index in [0.29, 0.717) is 39.4 Å². The second-order valence-corrected chi connectivity index (χ2v) is 10.1. The molecule has 0 bridgehead atoms. The summed E-state index contributed by atoms with van der Waals surface area (Å²) in [6.45, 7) is -0.130. The molecule has 0 amide bonds. The third kappa shape index (κ3) is 5.72. The van der Waals surface area contributed by atoms with Gasteiger partial charge < -0.3 is 18.6 Å². The number of aromatic nitrogens is 2. The molecule has 0 aliphatic rings. The monoisotopic (exact) mass is 561 g/mol. The summed E-state index contributed by atoms with van der Waals surface area (Å²) in [6, 6.07) is 22.6. The van der Waals surface area contributed by atoms with Crippen LogP contribution in [0.2, 0.25) is 0 Å². The van der Waals surface area contributed by atoms with Gasteiger partial charge in [-0.2, -0.15) is 5.10 Å². The van der Waals surface area contributed by atoms with Gasteiger partial charge in [-0.1, -0.05) is 24.3 Å². The number of carbonyl (C=O) groups is 1. The number of nitrogens with two attached hydrogens (primary N) is 1. The fourth-order valence-electron chi connectivity index (χ4n) is 4.00. The molecule has 5 aromatic rings. The Kier molecular flexibility index (Phi) is 7.36. The number of hydrogen-bond donors (Lipinski definition) is 1. The number of fused-ring (bicyclic) bond motifs is 1. The predicted octanol–water partition coefficient (Wildman–Crippen LogP) is 3.54. The molecule has 40 heavy (non-hydrogen) atoms. The van der Waals surface area contributed by atoms with Gasteiger partial charge >= 0.3 is 11.6 Å². The Morgan fingerprint density at radius 1 is 0.975 bits per heavy atom. The Morgan fingerprint density at radius 2 is 1.75 bits per heavy atom. The Balaban J connectivity index is 1.37. The van der Waals surface area contributed by atoms with E-state index in [1.54, 1.807) is 48.5 Å². The van der Waals surface area contributed by atoms with Gasteiger partial charge in [-0.05, 0) is 54.6 Å². The van der Waals surface area contributed by atoms with Gasteiger partial charge in [0, 0.05) is 5.56 Å². The van der Waals surface area contributed by atoms with E-state index < -0.39 is 21.6 Å². The number of primary sulfonamides is 1. The van der Waals surface area contributed by atoms with Crippen LogP contribution in [0.3, 0.4) is 0 Å². The number of rotatable bonds is 9. The average Bonchev–Trinajstić information content (AvgIpc) is 3.40. The van der Waals surface area contributed by atoms with E-state index in [4.69, 9.17) is 23.8 Å². The first-order chi connectivity index (χ1) is 19.2. The van der Waals surface area contributed by atoms with Gasteiger partial charge in [0.2, 0.25) is 10.0 Å². The molecule has 0 aliphatic carbocycles. The van der Waals surface area contributed by atoms with Gasteiger partial charge in [0.1, 0.15) is 30.3 Å². The molecular formula is C28H23N3O8S. The molecule has 204 valence electrons.